The van der Waals surface area contributed by atoms with Gasteiger partial charge in [-0.25, -0.2) is 0 Å². The van der Waals surface area contributed by atoms with Crippen LogP contribution in [0, 0.1) is 5.41 Å². The van der Waals surface area contributed by atoms with Crippen molar-refractivity contribution in [2.75, 3.05) is 25.9 Å². The SMILES string of the molecule is CN1CCC(Oc2cc3c(cc2N)C(=O)c2c([nH]c4cc(C=N)ccc24)C3(C)C)CC1. The molecular formula is C25H28N4O2. The van der Waals surface area contributed by atoms with Crippen molar-refractivity contribution < 1.29 is 9.53 Å². The number of nitrogens with two attached hydrogens (primary N) is 1. The molecule has 4 N–H and O–H groups in total. The second kappa shape index (κ2) is 6.95. The highest BCUT2D eigenvalue weighted by molar-refractivity contribution is 6.20. The van der Waals surface area contributed by atoms with E-state index in [1.807, 2.05) is 24.3 Å². The van der Waals surface area contributed by atoms with Gasteiger partial charge in [-0.1, -0.05) is 26.0 Å². The molecule has 160 valence electrons. The number of fused-ring (bicyclic) bond motifs is 4. The lowest BCUT2D eigenvalue weighted by atomic mass is 9.71. The fraction of sp³-hybridized carbons (Fsp3) is 0.360. The molecule has 2 aliphatic rings. The van der Waals surface area contributed by atoms with E-state index >= 15 is 0 Å². The molecule has 3 aromatic rings. The van der Waals surface area contributed by atoms with Crippen LogP contribution in [0.1, 0.15) is 59.4 Å². The number of carbonyl (C=O) groups excluding carboxylic acids is 1. The van der Waals surface area contributed by atoms with Crippen LogP contribution in [0.2, 0.25) is 0 Å². The van der Waals surface area contributed by atoms with Crippen LogP contribution in [0.3, 0.4) is 0 Å². The summed E-state index contributed by atoms with van der Waals surface area (Å²) in [4.78, 5) is 19.3. The van der Waals surface area contributed by atoms with Crippen molar-refractivity contribution >= 4 is 28.6 Å². The monoisotopic (exact) mass is 416 g/mol. The number of ether oxygens (including phenoxy) is 1. The number of nitrogens with one attached hydrogen (secondary N) is 2. The number of carbonyl (C=O) groups is 1. The van der Waals surface area contributed by atoms with E-state index in [4.69, 9.17) is 15.9 Å². The lowest BCUT2D eigenvalue weighted by Crippen LogP contribution is -2.36. The summed E-state index contributed by atoms with van der Waals surface area (Å²) < 4.78 is 6.31. The normalized spacial score (nSPS) is 18.6. The smallest absolute Gasteiger partial charge is 0.195 e. The lowest BCUT2D eigenvalue weighted by molar-refractivity contribution is 0.103. The Morgan fingerprint density at radius 1 is 1.23 bits per heavy atom. The zero-order valence-corrected chi connectivity index (χ0v) is 18.2. The summed E-state index contributed by atoms with van der Waals surface area (Å²) >= 11 is 0. The third-order valence-corrected chi connectivity index (χ3v) is 6.87. The van der Waals surface area contributed by atoms with Crippen molar-refractivity contribution in [2.45, 2.75) is 38.2 Å². The first-order valence-corrected chi connectivity index (χ1v) is 10.8. The molecule has 2 aromatic carbocycles. The van der Waals surface area contributed by atoms with Gasteiger partial charge in [0.15, 0.2) is 5.78 Å². The average molecular weight is 417 g/mol. The number of piperidine rings is 1. The molecule has 6 nitrogen and oxygen atoms in total. The van der Waals surface area contributed by atoms with Crippen molar-refractivity contribution in [3.05, 3.63) is 58.3 Å². The second-order valence-electron chi connectivity index (χ2n) is 9.33. The van der Waals surface area contributed by atoms with Gasteiger partial charge in [-0.05, 0) is 49.2 Å². The molecule has 0 bridgehead atoms. The summed E-state index contributed by atoms with van der Waals surface area (Å²) in [6.07, 6.45) is 3.39. The number of anilines is 1. The van der Waals surface area contributed by atoms with Crippen LogP contribution in [0.5, 0.6) is 5.75 Å². The Hall–Kier alpha value is -3.12. The van der Waals surface area contributed by atoms with Crippen LogP contribution in [0.15, 0.2) is 30.3 Å². The fourth-order valence-electron chi connectivity index (χ4n) is 4.96. The number of benzene rings is 2. The van der Waals surface area contributed by atoms with Crippen LogP contribution in [0.25, 0.3) is 10.9 Å². The number of aromatic amines is 1. The van der Waals surface area contributed by atoms with Crippen molar-refractivity contribution in [1.29, 1.82) is 5.41 Å². The van der Waals surface area contributed by atoms with Gasteiger partial charge in [-0.2, -0.15) is 0 Å². The number of nitrogen functional groups attached to an aromatic ring is 1. The van der Waals surface area contributed by atoms with Gasteiger partial charge in [0.1, 0.15) is 11.9 Å². The topological polar surface area (TPSA) is 95.2 Å². The number of aromatic nitrogens is 1. The van der Waals surface area contributed by atoms with Gasteiger partial charge in [0.05, 0.1) is 11.3 Å². The molecule has 5 rings (SSSR count). The third kappa shape index (κ3) is 3.05. The first-order valence-electron chi connectivity index (χ1n) is 10.8. The Bertz CT molecular complexity index is 1220. The fourth-order valence-corrected chi connectivity index (χ4v) is 4.96. The average Bonchev–Trinajstić information content (AvgIpc) is 3.15. The van der Waals surface area contributed by atoms with Crippen LogP contribution < -0.4 is 10.5 Å². The van der Waals surface area contributed by atoms with Gasteiger partial charge in [-0.15, -0.1) is 0 Å². The number of nitrogens with zero attached hydrogens (tertiary/aromatic N) is 1. The largest absolute Gasteiger partial charge is 0.488 e. The summed E-state index contributed by atoms with van der Waals surface area (Å²) in [5, 5.41) is 8.42. The van der Waals surface area contributed by atoms with Crippen LogP contribution in [0.4, 0.5) is 5.69 Å². The van der Waals surface area contributed by atoms with E-state index < -0.39 is 5.41 Å². The molecule has 1 saturated heterocycles. The van der Waals surface area contributed by atoms with Crippen LogP contribution in [-0.4, -0.2) is 48.1 Å². The summed E-state index contributed by atoms with van der Waals surface area (Å²) in [5.41, 5.74) is 11.3. The number of hydrogen-bond acceptors (Lipinski definition) is 5. The molecule has 0 saturated carbocycles. The maximum atomic E-state index is 13.5. The first-order chi connectivity index (χ1) is 14.8. The highest BCUT2D eigenvalue weighted by atomic mass is 16.5. The molecule has 1 aliphatic heterocycles. The summed E-state index contributed by atoms with van der Waals surface area (Å²) in [5.74, 6) is 0.649. The molecule has 0 amide bonds. The predicted octanol–water partition coefficient (Wildman–Crippen LogP) is 4.09. The van der Waals surface area contributed by atoms with E-state index in [0.717, 1.165) is 53.7 Å². The minimum atomic E-state index is -0.416. The molecule has 2 heterocycles. The van der Waals surface area contributed by atoms with Crippen molar-refractivity contribution in [3.63, 3.8) is 0 Å². The zero-order chi connectivity index (χ0) is 21.9. The molecule has 0 atom stereocenters. The van der Waals surface area contributed by atoms with Gasteiger partial charge in [-0.3, -0.25) is 4.79 Å². The van der Waals surface area contributed by atoms with E-state index in [-0.39, 0.29) is 11.9 Å². The quantitative estimate of drug-likeness (QED) is 0.443. The van der Waals surface area contributed by atoms with E-state index in [1.165, 1.54) is 6.21 Å². The molecular weight excluding hydrogens is 388 g/mol. The van der Waals surface area contributed by atoms with Crippen molar-refractivity contribution in [3.8, 4) is 5.75 Å². The highest BCUT2D eigenvalue weighted by Crippen LogP contribution is 2.46. The molecule has 1 aliphatic carbocycles. The van der Waals surface area contributed by atoms with Gasteiger partial charge in [0.25, 0.3) is 0 Å². The van der Waals surface area contributed by atoms with Crippen molar-refractivity contribution in [1.82, 2.24) is 9.88 Å². The standard InChI is InChI=1S/C25H28N4O2/c1-25(2)18-12-21(31-15-6-8-29(3)9-7-15)19(27)11-17(18)23(30)22-16-5-4-14(13-26)10-20(16)28-24(22)25/h4-5,10-13,15,26,28H,6-9,27H2,1-3H3. The predicted molar refractivity (Wildman–Crippen MR) is 124 cm³/mol. The molecule has 0 radical (unpaired) electrons. The van der Waals surface area contributed by atoms with Crippen LogP contribution >= 0.6 is 0 Å². The second-order valence-corrected chi connectivity index (χ2v) is 9.33. The Kier molecular flexibility index (Phi) is 4.45. The molecule has 1 fully saturated rings. The summed E-state index contributed by atoms with van der Waals surface area (Å²) in [6.45, 7) is 6.27. The number of likely N-dealkylation sites (tertiary alicyclic amines) is 1. The van der Waals surface area contributed by atoms with E-state index in [1.54, 1.807) is 6.07 Å². The molecule has 0 unspecified atom stereocenters. The van der Waals surface area contributed by atoms with E-state index in [9.17, 15) is 4.79 Å². The Balaban J connectivity index is 1.60. The van der Waals surface area contributed by atoms with Gasteiger partial charge < -0.3 is 25.8 Å². The molecule has 0 spiro atoms. The minimum absolute atomic E-state index is 0.0179. The molecule has 31 heavy (non-hydrogen) atoms. The highest BCUT2D eigenvalue weighted by Gasteiger charge is 2.40. The maximum absolute atomic E-state index is 13.5. The Labute approximate surface area is 181 Å². The van der Waals surface area contributed by atoms with E-state index in [0.29, 0.717) is 22.6 Å². The minimum Gasteiger partial charge on any atom is -0.488 e. The first kappa shape index (κ1) is 19.8. The summed E-state index contributed by atoms with van der Waals surface area (Å²) in [7, 11) is 2.13. The number of hydrogen-bond donors (Lipinski definition) is 3. The number of ketones is 1. The maximum Gasteiger partial charge on any atom is 0.195 e. The lowest BCUT2D eigenvalue weighted by Gasteiger charge is -2.34. The van der Waals surface area contributed by atoms with Crippen LogP contribution in [-0.2, 0) is 5.41 Å². The van der Waals surface area contributed by atoms with E-state index in [2.05, 4.69) is 30.8 Å². The number of rotatable bonds is 3. The van der Waals surface area contributed by atoms with Gasteiger partial charge in [0, 0.05) is 46.9 Å². The third-order valence-electron chi connectivity index (χ3n) is 6.87. The zero-order valence-electron chi connectivity index (χ0n) is 18.2. The molecule has 6 heteroatoms. The Morgan fingerprint density at radius 2 is 1.97 bits per heavy atom. The molecule has 1 aromatic heterocycles. The number of H-pyrrole nitrogens is 1. The van der Waals surface area contributed by atoms with Crippen molar-refractivity contribution in [2.24, 2.45) is 0 Å². The summed E-state index contributed by atoms with van der Waals surface area (Å²) in [6, 6.07) is 9.46. The van der Waals surface area contributed by atoms with Gasteiger partial charge in [0.2, 0.25) is 0 Å². The Morgan fingerprint density at radius 3 is 2.68 bits per heavy atom. The van der Waals surface area contributed by atoms with Gasteiger partial charge >= 0.3 is 0 Å².